The van der Waals surface area contributed by atoms with Crippen molar-refractivity contribution in [1.29, 1.82) is 0 Å². The molecule has 4 heteroatoms. The van der Waals surface area contributed by atoms with E-state index in [0.717, 1.165) is 30.0 Å². The van der Waals surface area contributed by atoms with Gasteiger partial charge in [-0.15, -0.1) is 0 Å². The largest absolute Gasteiger partial charge is 0.330 e. The second kappa shape index (κ2) is 3.75. The molecule has 0 saturated heterocycles. The third-order valence-electron chi connectivity index (χ3n) is 2.27. The molecule has 4 nitrogen and oxygen atoms in total. The van der Waals surface area contributed by atoms with E-state index in [-0.39, 0.29) is 0 Å². The Hall–Kier alpha value is -1.42. The van der Waals surface area contributed by atoms with Crippen molar-refractivity contribution in [2.45, 2.75) is 19.9 Å². The number of pyridine rings is 1. The summed E-state index contributed by atoms with van der Waals surface area (Å²) in [5.74, 6) is 1.03. The van der Waals surface area contributed by atoms with E-state index >= 15 is 0 Å². The highest BCUT2D eigenvalue weighted by Crippen LogP contribution is 2.13. The van der Waals surface area contributed by atoms with Gasteiger partial charge in [0.25, 0.3) is 0 Å². The molecule has 0 spiro atoms. The van der Waals surface area contributed by atoms with Gasteiger partial charge in [-0.05, 0) is 25.6 Å². The van der Waals surface area contributed by atoms with Crippen LogP contribution in [0.4, 0.5) is 0 Å². The van der Waals surface area contributed by atoms with E-state index in [0.29, 0.717) is 6.54 Å². The van der Waals surface area contributed by atoms with Crippen molar-refractivity contribution in [3.8, 4) is 0 Å². The molecule has 14 heavy (non-hydrogen) atoms. The number of nitrogens with two attached hydrogens (primary N) is 1. The summed E-state index contributed by atoms with van der Waals surface area (Å²) in [6.07, 6.45) is 2.60. The van der Waals surface area contributed by atoms with Crippen LogP contribution in [-0.4, -0.2) is 21.1 Å². The number of nitrogens with zero attached hydrogens (tertiary/aromatic N) is 3. The van der Waals surface area contributed by atoms with E-state index in [1.165, 1.54) is 0 Å². The summed E-state index contributed by atoms with van der Waals surface area (Å²) < 4.78 is 2.11. The maximum Gasteiger partial charge on any atom is 0.159 e. The minimum Gasteiger partial charge on any atom is -0.330 e. The Morgan fingerprint density at radius 2 is 2.36 bits per heavy atom. The van der Waals surface area contributed by atoms with Crippen molar-refractivity contribution in [2.24, 2.45) is 5.73 Å². The van der Waals surface area contributed by atoms with Crippen molar-refractivity contribution >= 4 is 11.2 Å². The van der Waals surface area contributed by atoms with Gasteiger partial charge in [0.1, 0.15) is 11.3 Å². The van der Waals surface area contributed by atoms with Gasteiger partial charge in [-0.3, -0.25) is 0 Å². The Bertz CT molecular complexity index is 433. The number of fused-ring (bicyclic) bond motifs is 1. The zero-order valence-electron chi connectivity index (χ0n) is 8.27. The fourth-order valence-corrected chi connectivity index (χ4v) is 1.66. The predicted molar refractivity (Wildman–Crippen MR) is 56.0 cm³/mol. The molecule has 74 valence electrons. The van der Waals surface area contributed by atoms with Crippen LogP contribution in [0, 0.1) is 0 Å². The second-order valence-electron chi connectivity index (χ2n) is 3.16. The molecule has 0 aliphatic rings. The quantitative estimate of drug-likeness (QED) is 0.784. The van der Waals surface area contributed by atoms with Crippen LogP contribution in [0.2, 0.25) is 0 Å². The topological polar surface area (TPSA) is 56.7 Å². The molecule has 0 bridgehead atoms. The average Bonchev–Trinajstić information content (AvgIpc) is 2.55. The first-order valence-electron chi connectivity index (χ1n) is 4.87. The van der Waals surface area contributed by atoms with Crippen LogP contribution in [0.5, 0.6) is 0 Å². The Labute approximate surface area is 82.8 Å². The highest BCUT2D eigenvalue weighted by atomic mass is 15.1. The summed E-state index contributed by atoms with van der Waals surface area (Å²) in [7, 11) is 0. The lowest BCUT2D eigenvalue weighted by Crippen LogP contribution is -2.09. The number of imidazole rings is 1. The summed E-state index contributed by atoms with van der Waals surface area (Å²) in [6.45, 7) is 3.61. The molecule has 0 unspecified atom stereocenters. The zero-order valence-corrected chi connectivity index (χ0v) is 8.27. The molecule has 2 heterocycles. The third-order valence-corrected chi connectivity index (χ3v) is 2.27. The summed E-state index contributed by atoms with van der Waals surface area (Å²) >= 11 is 0. The first-order valence-corrected chi connectivity index (χ1v) is 4.87. The molecule has 2 aromatic rings. The molecule has 0 atom stereocenters. The highest BCUT2D eigenvalue weighted by molar-refractivity contribution is 5.71. The Morgan fingerprint density at radius 3 is 3.07 bits per heavy atom. The van der Waals surface area contributed by atoms with Crippen LogP contribution in [0.25, 0.3) is 11.2 Å². The van der Waals surface area contributed by atoms with Gasteiger partial charge in [0.15, 0.2) is 5.65 Å². The van der Waals surface area contributed by atoms with E-state index in [1.54, 1.807) is 6.20 Å². The molecule has 0 aliphatic heterocycles. The summed E-state index contributed by atoms with van der Waals surface area (Å²) in [5.41, 5.74) is 7.45. The monoisotopic (exact) mass is 190 g/mol. The fourth-order valence-electron chi connectivity index (χ4n) is 1.66. The van der Waals surface area contributed by atoms with Crippen LogP contribution in [-0.2, 0) is 13.0 Å². The summed E-state index contributed by atoms with van der Waals surface area (Å²) in [4.78, 5) is 8.81. The van der Waals surface area contributed by atoms with Crippen LogP contribution in [0.1, 0.15) is 12.7 Å². The van der Waals surface area contributed by atoms with Gasteiger partial charge in [0.2, 0.25) is 0 Å². The fraction of sp³-hybridized carbons (Fsp3) is 0.400. The molecule has 2 rings (SSSR count). The minimum absolute atomic E-state index is 0.628. The van der Waals surface area contributed by atoms with Gasteiger partial charge < -0.3 is 10.3 Å². The normalized spacial score (nSPS) is 11.0. The van der Waals surface area contributed by atoms with Crippen LogP contribution < -0.4 is 5.73 Å². The van der Waals surface area contributed by atoms with E-state index in [1.807, 2.05) is 12.1 Å². The maximum absolute atomic E-state index is 5.53. The van der Waals surface area contributed by atoms with Crippen molar-refractivity contribution in [3.63, 3.8) is 0 Å². The van der Waals surface area contributed by atoms with Crippen LogP contribution in [0.15, 0.2) is 18.3 Å². The molecular formula is C10H14N4. The summed E-state index contributed by atoms with van der Waals surface area (Å²) in [6, 6.07) is 3.88. The molecule has 0 saturated carbocycles. The SMILES string of the molecule is CCn1c(CCN)nc2cccnc21. The molecule has 0 radical (unpaired) electrons. The third kappa shape index (κ3) is 1.37. The minimum atomic E-state index is 0.628. The van der Waals surface area contributed by atoms with E-state index in [4.69, 9.17) is 5.73 Å². The number of hydrogen-bond acceptors (Lipinski definition) is 3. The van der Waals surface area contributed by atoms with Gasteiger partial charge in [-0.1, -0.05) is 0 Å². The van der Waals surface area contributed by atoms with Gasteiger partial charge in [-0.25, -0.2) is 9.97 Å². The number of aromatic nitrogens is 3. The van der Waals surface area contributed by atoms with Crippen molar-refractivity contribution in [3.05, 3.63) is 24.2 Å². The lowest BCUT2D eigenvalue weighted by Gasteiger charge is -2.02. The highest BCUT2D eigenvalue weighted by Gasteiger charge is 2.08. The first kappa shape index (κ1) is 9.15. The molecule has 0 fully saturated rings. The van der Waals surface area contributed by atoms with E-state index in [9.17, 15) is 0 Å². The molecule has 0 amide bonds. The van der Waals surface area contributed by atoms with Gasteiger partial charge >= 0.3 is 0 Å². The molecule has 0 aliphatic carbocycles. The van der Waals surface area contributed by atoms with Gasteiger partial charge in [0, 0.05) is 19.2 Å². The lowest BCUT2D eigenvalue weighted by atomic mass is 10.4. The Balaban J connectivity index is 2.60. The summed E-state index contributed by atoms with van der Waals surface area (Å²) in [5, 5.41) is 0. The maximum atomic E-state index is 5.53. The van der Waals surface area contributed by atoms with Crippen molar-refractivity contribution < 1.29 is 0 Å². The second-order valence-corrected chi connectivity index (χ2v) is 3.16. The van der Waals surface area contributed by atoms with Crippen LogP contribution >= 0.6 is 0 Å². The molecule has 0 aromatic carbocycles. The number of aryl methyl sites for hydroxylation is 1. The average molecular weight is 190 g/mol. The van der Waals surface area contributed by atoms with Gasteiger partial charge in [0.05, 0.1) is 0 Å². The molecular weight excluding hydrogens is 176 g/mol. The van der Waals surface area contributed by atoms with E-state index < -0.39 is 0 Å². The lowest BCUT2D eigenvalue weighted by molar-refractivity contribution is 0.705. The van der Waals surface area contributed by atoms with Gasteiger partial charge in [-0.2, -0.15) is 0 Å². The van der Waals surface area contributed by atoms with Crippen LogP contribution in [0.3, 0.4) is 0 Å². The molecule has 2 N–H and O–H groups in total. The number of rotatable bonds is 3. The van der Waals surface area contributed by atoms with E-state index in [2.05, 4.69) is 21.5 Å². The number of hydrogen-bond donors (Lipinski definition) is 1. The Morgan fingerprint density at radius 1 is 1.50 bits per heavy atom. The van der Waals surface area contributed by atoms with Crippen molar-refractivity contribution in [2.75, 3.05) is 6.54 Å². The van der Waals surface area contributed by atoms with Crippen molar-refractivity contribution in [1.82, 2.24) is 14.5 Å². The molecule has 2 aromatic heterocycles. The Kier molecular flexibility index (Phi) is 2.45. The smallest absolute Gasteiger partial charge is 0.159 e. The standard InChI is InChI=1S/C10H14N4/c1-2-14-9(5-6-11)13-8-4-3-7-12-10(8)14/h3-4,7H,2,5-6,11H2,1H3. The predicted octanol–water partition coefficient (Wildman–Crippen LogP) is 0.952. The zero-order chi connectivity index (χ0) is 9.97. The first-order chi connectivity index (χ1) is 6.86.